The normalized spacial score (nSPS) is 14.6. The molecule has 6 nitrogen and oxygen atoms in total. The van der Waals surface area contributed by atoms with Crippen molar-refractivity contribution in [2.75, 3.05) is 23.3 Å². The van der Waals surface area contributed by atoms with Crippen molar-refractivity contribution < 1.29 is 9.72 Å². The van der Waals surface area contributed by atoms with Crippen LogP contribution in [0.1, 0.15) is 56.0 Å². The highest BCUT2D eigenvalue weighted by molar-refractivity contribution is 6.34. The second-order valence-electron chi connectivity index (χ2n) is 8.41. The number of benzene rings is 2. The summed E-state index contributed by atoms with van der Waals surface area (Å²) in [4.78, 5) is 25.8. The van der Waals surface area contributed by atoms with Gasteiger partial charge in [-0.05, 0) is 48.4 Å². The van der Waals surface area contributed by atoms with Crippen LogP contribution < -0.4 is 10.2 Å². The number of hydrogen-bond donors (Lipinski definition) is 1. The van der Waals surface area contributed by atoms with Crippen molar-refractivity contribution in [3.8, 4) is 0 Å². The van der Waals surface area contributed by atoms with Gasteiger partial charge in [0.2, 0.25) is 0 Å². The van der Waals surface area contributed by atoms with Crippen molar-refractivity contribution in [3.63, 3.8) is 0 Å². The number of nitrogens with one attached hydrogen (secondary N) is 1. The van der Waals surface area contributed by atoms with Gasteiger partial charge in [-0.1, -0.05) is 44.5 Å². The van der Waals surface area contributed by atoms with Crippen LogP contribution in [0.2, 0.25) is 5.02 Å². The molecule has 1 aliphatic heterocycles. The number of nitro benzene ring substituents is 1. The molecule has 2 aromatic carbocycles. The summed E-state index contributed by atoms with van der Waals surface area (Å²) >= 11 is 6.26. The lowest BCUT2D eigenvalue weighted by atomic mass is 9.87. The number of halogens is 1. The van der Waals surface area contributed by atoms with E-state index in [1.54, 1.807) is 18.2 Å². The van der Waals surface area contributed by atoms with Crippen LogP contribution in [-0.2, 0) is 5.41 Å². The Morgan fingerprint density at radius 2 is 1.72 bits per heavy atom. The molecule has 1 amide bonds. The molecule has 0 unspecified atom stereocenters. The molecule has 0 bridgehead atoms. The van der Waals surface area contributed by atoms with E-state index in [0.29, 0.717) is 16.9 Å². The average molecular weight is 416 g/mol. The minimum absolute atomic E-state index is 0.0000234. The number of nitrogens with zero attached hydrogens (tertiary/aromatic N) is 2. The van der Waals surface area contributed by atoms with Crippen LogP contribution in [0.15, 0.2) is 36.4 Å². The standard InChI is InChI=1S/C22H26ClN3O3/c1-22(2,3)16-9-7-15(8-10-16)21(27)24-18-14-19(25-11-5-4-6-12-25)20(26(28)29)13-17(18)23/h7-10,13-14H,4-6,11-12H2,1-3H3,(H,24,27). The Labute approximate surface area is 176 Å². The molecule has 0 atom stereocenters. The highest BCUT2D eigenvalue weighted by Crippen LogP contribution is 2.38. The van der Waals surface area contributed by atoms with Gasteiger partial charge in [0.1, 0.15) is 5.69 Å². The minimum Gasteiger partial charge on any atom is -0.366 e. The van der Waals surface area contributed by atoms with Crippen molar-refractivity contribution in [2.45, 2.75) is 45.4 Å². The molecular weight excluding hydrogens is 390 g/mol. The van der Waals surface area contributed by atoms with Gasteiger partial charge in [0.05, 0.1) is 15.6 Å². The zero-order valence-electron chi connectivity index (χ0n) is 17.0. The molecule has 29 heavy (non-hydrogen) atoms. The van der Waals surface area contributed by atoms with Gasteiger partial charge in [0.15, 0.2) is 0 Å². The molecule has 0 aliphatic carbocycles. The first-order valence-corrected chi connectivity index (χ1v) is 10.2. The first-order chi connectivity index (χ1) is 13.7. The van der Waals surface area contributed by atoms with Crippen LogP contribution >= 0.6 is 11.6 Å². The fraction of sp³-hybridized carbons (Fsp3) is 0.409. The lowest BCUT2D eigenvalue weighted by Crippen LogP contribution is -2.30. The Hall–Kier alpha value is -2.60. The van der Waals surface area contributed by atoms with Crippen LogP contribution in [0.25, 0.3) is 0 Å². The van der Waals surface area contributed by atoms with Gasteiger partial charge in [-0.15, -0.1) is 0 Å². The van der Waals surface area contributed by atoms with Crippen molar-refractivity contribution in [1.29, 1.82) is 0 Å². The fourth-order valence-corrected chi connectivity index (χ4v) is 3.70. The molecule has 1 saturated heterocycles. The monoisotopic (exact) mass is 415 g/mol. The van der Waals surface area contributed by atoms with Crippen molar-refractivity contribution in [3.05, 3.63) is 62.7 Å². The Bertz CT molecular complexity index is 914. The van der Waals surface area contributed by atoms with Crippen LogP contribution in [-0.4, -0.2) is 23.9 Å². The third kappa shape index (κ3) is 4.88. The Balaban J connectivity index is 1.88. The van der Waals surface area contributed by atoms with Gasteiger partial charge in [0.25, 0.3) is 11.6 Å². The quantitative estimate of drug-likeness (QED) is 0.506. The van der Waals surface area contributed by atoms with E-state index in [4.69, 9.17) is 11.6 Å². The number of carbonyl (C=O) groups excluding carboxylic acids is 1. The second-order valence-corrected chi connectivity index (χ2v) is 8.81. The van der Waals surface area contributed by atoms with Gasteiger partial charge >= 0.3 is 0 Å². The topological polar surface area (TPSA) is 75.5 Å². The number of piperidine rings is 1. The van der Waals surface area contributed by atoms with Gasteiger partial charge < -0.3 is 10.2 Å². The van der Waals surface area contributed by atoms with Crippen molar-refractivity contribution >= 4 is 34.6 Å². The summed E-state index contributed by atoms with van der Waals surface area (Å²) in [6.45, 7) is 7.84. The Morgan fingerprint density at radius 3 is 2.28 bits per heavy atom. The molecule has 1 aliphatic rings. The number of amides is 1. The van der Waals surface area contributed by atoms with E-state index in [1.165, 1.54) is 6.07 Å². The van der Waals surface area contributed by atoms with E-state index in [1.807, 2.05) is 17.0 Å². The van der Waals surface area contributed by atoms with Gasteiger partial charge in [-0.2, -0.15) is 0 Å². The Morgan fingerprint density at radius 1 is 1.10 bits per heavy atom. The summed E-state index contributed by atoms with van der Waals surface area (Å²) in [6.07, 6.45) is 3.09. The van der Waals surface area contributed by atoms with Crippen molar-refractivity contribution in [1.82, 2.24) is 0 Å². The summed E-state index contributed by atoms with van der Waals surface area (Å²) in [6, 6.07) is 10.4. The molecule has 154 valence electrons. The fourth-order valence-electron chi connectivity index (χ4n) is 3.50. The highest BCUT2D eigenvalue weighted by atomic mass is 35.5. The third-order valence-electron chi connectivity index (χ3n) is 5.22. The average Bonchev–Trinajstić information content (AvgIpc) is 2.69. The van der Waals surface area contributed by atoms with E-state index >= 15 is 0 Å². The molecule has 0 radical (unpaired) electrons. The molecule has 1 heterocycles. The maximum atomic E-state index is 12.7. The summed E-state index contributed by atoms with van der Waals surface area (Å²) in [7, 11) is 0. The van der Waals surface area contributed by atoms with Crippen LogP contribution in [0.3, 0.4) is 0 Å². The first kappa shape index (κ1) is 21.1. The minimum atomic E-state index is -0.424. The maximum absolute atomic E-state index is 12.7. The maximum Gasteiger partial charge on any atom is 0.294 e. The summed E-state index contributed by atoms with van der Waals surface area (Å²) in [5.41, 5.74) is 2.48. The molecule has 0 aromatic heterocycles. The molecule has 7 heteroatoms. The van der Waals surface area contributed by atoms with Gasteiger partial charge in [-0.25, -0.2) is 0 Å². The van der Waals surface area contributed by atoms with Crippen molar-refractivity contribution in [2.24, 2.45) is 0 Å². The van der Waals surface area contributed by atoms with E-state index < -0.39 is 4.92 Å². The second kappa shape index (κ2) is 8.41. The number of rotatable bonds is 4. The smallest absolute Gasteiger partial charge is 0.294 e. The Kier molecular flexibility index (Phi) is 6.13. The lowest BCUT2D eigenvalue weighted by molar-refractivity contribution is -0.384. The van der Waals surface area contributed by atoms with Crippen LogP contribution in [0.5, 0.6) is 0 Å². The largest absolute Gasteiger partial charge is 0.366 e. The summed E-state index contributed by atoms with van der Waals surface area (Å²) in [5, 5.41) is 14.5. The van der Waals surface area contributed by atoms with E-state index in [9.17, 15) is 14.9 Å². The van der Waals surface area contributed by atoms with Crippen LogP contribution in [0.4, 0.5) is 17.1 Å². The molecule has 3 rings (SSSR count). The predicted octanol–water partition coefficient (Wildman–Crippen LogP) is 5.79. The van der Waals surface area contributed by atoms with Gasteiger partial charge in [0, 0.05) is 24.7 Å². The van der Waals surface area contributed by atoms with E-state index in [2.05, 4.69) is 26.1 Å². The number of hydrogen-bond acceptors (Lipinski definition) is 4. The summed E-state index contributed by atoms with van der Waals surface area (Å²) in [5.74, 6) is -0.300. The SMILES string of the molecule is CC(C)(C)c1ccc(C(=O)Nc2cc(N3CCCCC3)c([N+](=O)[O-])cc2Cl)cc1. The molecular formula is C22H26ClN3O3. The van der Waals surface area contributed by atoms with E-state index in [0.717, 1.165) is 37.9 Å². The molecule has 0 spiro atoms. The van der Waals surface area contributed by atoms with E-state index in [-0.39, 0.29) is 22.0 Å². The first-order valence-electron chi connectivity index (χ1n) is 9.81. The third-order valence-corrected chi connectivity index (χ3v) is 5.53. The molecule has 2 aromatic rings. The number of nitro groups is 1. The number of carbonyl (C=O) groups is 1. The van der Waals surface area contributed by atoms with Crippen LogP contribution in [0, 0.1) is 10.1 Å². The molecule has 1 fully saturated rings. The summed E-state index contributed by atoms with van der Waals surface area (Å²) < 4.78 is 0. The molecule has 1 N–H and O–H groups in total. The zero-order chi connectivity index (χ0) is 21.2. The van der Waals surface area contributed by atoms with Gasteiger partial charge in [-0.3, -0.25) is 14.9 Å². The molecule has 0 saturated carbocycles. The zero-order valence-corrected chi connectivity index (χ0v) is 17.8. The lowest BCUT2D eigenvalue weighted by Gasteiger charge is -2.29. The predicted molar refractivity (Wildman–Crippen MR) is 117 cm³/mol. The highest BCUT2D eigenvalue weighted by Gasteiger charge is 2.24. The number of anilines is 2.